The number of fused-ring (bicyclic) bond motifs is 5. The second-order valence-corrected chi connectivity index (χ2v) is 11.0. The molecule has 7 aromatic rings. The molecular weight excluding hydrogens is 689 g/mol. The van der Waals surface area contributed by atoms with Crippen molar-refractivity contribution in [2.24, 2.45) is 0 Å². The van der Waals surface area contributed by atoms with Crippen LogP contribution < -0.4 is 0 Å². The van der Waals surface area contributed by atoms with Crippen molar-refractivity contribution in [1.82, 2.24) is 9.97 Å². The van der Waals surface area contributed by atoms with Gasteiger partial charge in [0.2, 0.25) is 0 Å². The predicted octanol–water partition coefficient (Wildman–Crippen LogP) is 9.75. The molecule has 0 saturated heterocycles. The molecule has 5 heteroatoms. The third kappa shape index (κ3) is 5.25. The summed E-state index contributed by atoms with van der Waals surface area (Å²) in [4.78, 5) is 9.00. The molecule has 0 aliphatic heterocycles. The Morgan fingerprint density at radius 3 is 2.10 bits per heavy atom. The molecule has 3 nitrogen and oxygen atoms in total. The number of nitrogens with zero attached hydrogens (tertiary/aromatic N) is 2. The summed E-state index contributed by atoms with van der Waals surface area (Å²) in [5, 5.41) is 5.60. The molecule has 0 unspecified atom stereocenters. The third-order valence-electron chi connectivity index (χ3n) is 7.27. The Labute approximate surface area is 252 Å². The number of furan rings is 1. The fraction of sp³-hybridized carbons (Fsp3) is 0.143. The minimum absolute atomic E-state index is 0. The number of rotatable bonds is 2. The van der Waals surface area contributed by atoms with Crippen LogP contribution in [0, 0.1) is 46.8 Å². The smallest absolute Gasteiger partial charge is 0.138 e. The summed E-state index contributed by atoms with van der Waals surface area (Å²) >= 11 is 1.72. The summed E-state index contributed by atoms with van der Waals surface area (Å²) in [6.45, 7) is 10.4. The molecule has 0 aliphatic carbocycles. The van der Waals surface area contributed by atoms with Crippen LogP contribution >= 0.6 is 11.3 Å². The second-order valence-electron chi connectivity index (χ2n) is 10.1. The quantitative estimate of drug-likeness (QED) is 0.167. The minimum atomic E-state index is 0. The van der Waals surface area contributed by atoms with Crippen LogP contribution in [0.15, 0.2) is 82.9 Å². The molecule has 0 bridgehead atoms. The van der Waals surface area contributed by atoms with E-state index in [4.69, 9.17) is 4.42 Å². The molecule has 4 aromatic heterocycles. The molecule has 0 spiro atoms. The van der Waals surface area contributed by atoms with Crippen molar-refractivity contribution in [3.8, 4) is 22.5 Å². The third-order valence-corrected chi connectivity index (χ3v) is 8.19. The number of hydrogen-bond donors (Lipinski definition) is 0. The molecule has 0 N–H and O–H groups in total. The molecule has 1 radical (unpaired) electrons. The maximum absolute atomic E-state index is 6.32. The normalized spacial score (nSPS) is 10.9. The molecule has 3 aromatic carbocycles. The van der Waals surface area contributed by atoms with Gasteiger partial charge in [0.15, 0.2) is 0 Å². The van der Waals surface area contributed by atoms with Crippen LogP contribution in [-0.2, 0) is 20.1 Å². The summed E-state index contributed by atoms with van der Waals surface area (Å²) in [6, 6.07) is 27.4. The Balaban J connectivity index is 0.000000175. The van der Waals surface area contributed by atoms with Gasteiger partial charge in [-0.15, -0.1) is 64.9 Å². The zero-order valence-corrected chi connectivity index (χ0v) is 26.3. The molecule has 0 amide bonds. The van der Waals surface area contributed by atoms with Gasteiger partial charge in [-0.05, 0) is 67.0 Å². The molecule has 0 fully saturated rings. The van der Waals surface area contributed by atoms with Crippen LogP contribution in [0.2, 0.25) is 0 Å². The monoisotopic (exact) mass is 717 g/mol. The SMILES string of the molecule is Cc1c[c-]c(-c2cc(C)c(C)cn2)cc1.Cc1cnc(-c2[c-]ccc3c2oc2c3ccc3ccsc32)cc1C.[Ir]. The van der Waals surface area contributed by atoms with Crippen molar-refractivity contribution >= 4 is 43.4 Å². The number of pyridine rings is 2. The van der Waals surface area contributed by atoms with E-state index in [0.717, 1.165) is 44.5 Å². The number of thiophene rings is 1. The summed E-state index contributed by atoms with van der Waals surface area (Å²) in [7, 11) is 0. The Kier molecular flexibility index (Phi) is 8.00. The molecule has 0 aliphatic rings. The van der Waals surface area contributed by atoms with Crippen molar-refractivity contribution in [3.05, 3.63) is 118 Å². The van der Waals surface area contributed by atoms with Crippen LogP contribution in [0.4, 0.5) is 0 Å². The van der Waals surface area contributed by atoms with Gasteiger partial charge in [-0.3, -0.25) is 0 Å². The second kappa shape index (κ2) is 11.5. The van der Waals surface area contributed by atoms with Crippen LogP contribution in [-0.4, -0.2) is 9.97 Å². The first-order valence-corrected chi connectivity index (χ1v) is 13.9. The van der Waals surface area contributed by atoms with E-state index >= 15 is 0 Å². The standard InChI is InChI=1S/C21H14NOS.C14H14N.Ir/c1-12-10-18(22-11-13(12)2)17-5-3-4-15-16-7-6-14-8-9-24-21(14)20(16)23-19(15)17;1-10-4-6-13(7-5-10)14-8-11(2)12(3)9-15-14;/h3-4,6-11H,1-2H3;4-6,8-9H,1-3H3;/q2*-1;. The molecule has 201 valence electrons. The number of aryl methyl sites for hydroxylation is 5. The Morgan fingerprint density at radius 1 is 0.700 bits per heavy atom. The Morgan fingerprint density at radius 2 is 1.40 bits per heavy atom. The van der Waals surface area contributed by atoms with Gasteiger partial charge in [-0.25, -0.2) is 0 Å². The van der Waals surface area contributed by atoms with E-state index in [2.05, 4.69) is 111 Å². The van der Waals surface area contributed by atoms with E-state index in [1.54, 1.807) is 11.3 Å². The Bertz CT molecular complexity index is 1970. The molecular formula is C35H28IrN2OS-2. The van der Waals surface area contributed by atoms with Crippen molar-refractivity contribution in [3.63, 3.8) is 0 Å². The Hall–Kier alpha value is -3.63. The van der Waals surface area contributed by atoms with E-state index in [-0.39, 0.29) is 20.1 Å². The molecule has 4 heterocycles. The van der Waals surface area contributed by atoms with Crippen molar-refractivity contribution < 1.29 is 24.5 Å². The maximum Gasteiger partial charge on any atom is 0.138 e. The predicted molar refractivity (Wildman–Crippen MR) is 163 cm³/mol. The zero-order chi connectivity index (χ0) is 27.1. The summed E-state index contributed by atoms with van der Waals surface area (Å²) in [5.74, 6) is 0. The van der Waals surface area contributed by atoms with E-state index in [9.17, 15) is 0 Å². The van der Waals surface area contributed by atoms with Crippen molar-refractivity contribution in [2.45, 2.75) is 34.6 Å². The topological polar surface area (TPSA) is 38.9 Å². The molecule has 40 heavy (non-hydrogen) atoms. The van der Waals surface area contributed by atoms with Crippen molar-refractivity contribution in [2.75, 3.05) is 0 Å². The number of aromatic nitrogens is 2. The first-order chi connectivity index (χ1) is 18.9. The maximum atomic E-state index is 6.32. The van der Waals surface area contributed by atoms with E-state index in [0.29, 0.717) is 0 Å². The van der Waals surface area contributed by atoms with Crippen LogP contribution in [0.25, 0.3) is 54.5 Å². The van der Waals surface area contributed by atoms with Crippen LogP contribution in [0.1, 0.15) is 27.8 Å². The fourth-order valence-corrected chi connectivity index (χ4v) is 5.49. The molecule has 0 atom stereocenters. The van der Waals surface area contributed by atoms with Gasteiger partial charge < -0.3 is 14.4 Å². The van der Waals surface area contributed by atoms with Gasteiger partial charge in [0.1, 0.15) is 5.58 Å². The summed E-state index contributed by atoms with van der Waals surface area (Å²) < 4.78 is 7.52. The first kappa shape index (κ1) is 27.9. The number of hydrogen-bond acceptors (Lipinski definition) is 4. The van der Waals surface area contributed by atoms with E-state index in [1.807, 2.05) is 24.5 Å². The van der Waals surface area contributed by atoms with Gasteiger partial charge in [0, 0.05) is 37.9 Å². The van der Waals surface area contributed by atoms with Gasteiger partial charge in [-0.1, -0.05) is 53.3 Å². The van der Waals surface area contributed by atoms with Gasteiger partial charge >= 0.3 is 0 Å². The zero-order valence-electron chi connectivity index (χ0n) is 23.0. The largest absolute Gasteiger partial charge is 0.499 e. The molecule has 7 rings (SSSR count). The average Bonchev–Trinajstić information content (AvgIpc) is 3.57. The average molecular weight is 717 g/mol. The van der Waals surface area contributed by atoms with Gasteiger partial charge in [0.05, 0.1) is 10.3 Å². The van der Waals surface area contributed by atoms with E-state index < -0.39 is 0 Å². The van der Waals surface area contributed by atoms with Crippen LogP contribution in [0.3, 0.4) is 0 Å². The van der Waals surface area contributed by atoms with E-state index in [1.165, 1.54) is 37.9 Å². The summed E-state index contributed by atoms with van der Waals surface area (Å²) in [5.41, 5.74) is 11.9. The van der Waals surface area contributed by atoms with Crippen LogP contribution in [0.5, 0.6) is 0 Å². The fourth-order valence-electron chi connectivity index (χ4n) is 4.61. The first-order valence-electron chi connectivity index (χ1n) is 13.0. The number of benzene rings is 3. The van der Waals surface area contributed by atoms with Gasteiger partial charge in [-0.2, -0.15) is 0 Å². The summed E-state index contributed by atoms with van der Waals surface area (Å²) in [6.07, 6.45) is 3.83. The van der Waals surface area contributed by atoms with Gasteiger partial charge in [0.25, 0.3) is 0 Å². The minimum Gasteiger partial charge on any atom is -0.499 e. The molecule has 0 saturated carbocycles. The van der Waals surface area contributed by atoms with Crippen molar-refractivity contribution in [1.29, 1.82) is 0 Å².